The van der Waals surface area contributed by atoms with Crippen LogP contribution in [-0.4, -0.2) is 24.1 Å². The van der Waals surface area contributed by atoms with Crippen LogP contribution in [0.5, 0.6) is 0 Å². The summed E-state index contributed by atoms with van der Waals surface area (Å²) in [5.74, 6) is 0.0483. The minimum atomic E-state index is -0.355. The highest BCUT2D eigenvalue weighted by Gasteiger charge is 2.52. The highest BCUT2D eigenvalue weighted by molar-refractivity contribution is 6.23. The number of ketones is 2. The second-order valence-electron chi connectivity index (χ2n) is 7.89. The predicted molar refractivity (Wildman–Crippen MR) is 88.0 cm³/mol. The molecule has 0 aromatic carbocycles. The molecule has 24 heavy (non-hydrogen) atoms. The Balaban J connectivity index is 1.81. The minimum absolute atomic E-state index is 0.00482. The van der Waals surface area contributed by atoms with Gasteiger partial charge in [0.2, 0.25) is 0 Å². The van der Waals surface area contributed by atoms with Crippen molar-refractivity contribution in [3.8, 4) is 0 Å². The van der Waals surface area contributed by atoms with Gasteiger partial charge in [-0.25, -0.2) is 4.79 Å². The van der Waals surface area contributed by atoms with Crippen LogP contribution in [0.4, 0.5) is 0 Å². The third kappa shape index (κ3) is 1.89. The quantitative estimate of drug-likeness (QED) is 0.549. The minimum Gasteiger partial charge on any atom is -0.458 e. The molecule has 0 bridgehead atoms. The number of carbonyl (C=O) groups excluding carboxylic acids is 3. The van der Waals surface area contributed by atoms with E-state index in [0.717, 1.165) is 29.6 Å². The standard InChI is InChI=1S/C20H22O4/c1-10(2)13-8-16(21)17-12(18(13)22)4-5-15-14-9-24-19(23)11(14)6-7-20(15,17)3/h8,10,15H,4-7,9H2,1-3H3/t15-,20-/m1/s1. The second-order valence-corrected chi connectivity index (χ2v) is 7.89. The smallest absolute Gasteiger partial charge is 0.334 e. The van der Waals surface area contributed by atoms with Crippen LogP contribution in [0.2, 0.25) is 0 Å². The van der Waals surface area contributed by atoms with E-state index in [0.29, 0.717) is 30.6 Å². The van der Waals surface area contributed by atoms with Gasteiger partial charge in [-0.1, -0.05) is 20.8 Å². The summed E-state index contributed by atoms with van der Waals surface area (Å²) in [6.07, 6.45) is 4.36. The highest BCUT2D eigenvalue weighted by atomic mass is 16.5. The molecule has 0 N–H and O–H groups in total. The van der Waals surface area contributed by atoms with Gasteiger partial charge in [0.1, 0.15) is 6.61 Å². The van der Waals surface area contributed by atoms with Crippen molar-refractivity contribution in [2.45, 2.75) is 46.5 Å². The number of carbonyl (C=O) groups is 3. The first-order valence-corrected chi connectivity index (χ1v) is 8.78. The first-order valence-electron chi connectivity index (χ1n) is 8.78. The van der Waals surface area contributed by atoms with Crippen LogP contribution in [0.3, 0.4) is 0 Å². The third-order valence-electron chi connectivity index (χ3n) is 6.32. The van der Waals surface area contributed by atoms with Gasteiger partial charge >= 0.3 is 5.97 Å². The molecule has 4 heteroatoms. The van der Waals surface area contributed by atoms with E-state index >= 15 is 0 Å². The van der Waals surface area contributed by atoms with E-state index in [4.69, 9.17) is 4.74 Å². The second kappa shape index (κ2) is 5.01. The van der Waals surface area contributed by atoms with Gasteiger partial charge in [0.25, 0.3) is 0 Å². The summed E-state index contributed by atoms with van der Waals surface area (Å²) in [6, 6.07) is 0. The maximum Gasteiger partial charge on any atom is 0.334 e. The monoisotopic (exact) mass is 326 g/mol. The lowest BCUT2D eigenvalue weighted by atomic mass is 9.54. The number of allylic oxidation sites excluding steroid dienone is 4. The average Bonchev–Trinajstić information content (AvgIpc) is 2.90. The zero-order valence-corrected chi connectivity index (χ0v) is 14.4. The van der Waals surface area contributed by atoms with Crippen molar-refractivity contribution in [1.82, 2.24) is 0 Å². The van der Waals surface area contributed by atoms with Gasteiger partial charge in [0.05, 0.1) is 0 Å². The van der Waals surface area contributed by atoms with E-state index in [-0.39, 0.29) is 34.8 Å². The van der Waals surface area contributed by atoms with Gasteiger partial charge in [-0.2, -0.15) is 0 Å². The lowest BCUT2D eigenvalue weighted by molar-refractivity contribution is -0.136. The topological polar surface area (TPSA) is 60.4 Å². The zero-order valence-electron chi connectivity index (χ0n) is 14.4. The lowest BCUT2D eigenvalue weighted by Crippen LogP contribution is -2.43. The van der Waals surface area contributed by atoms with Crippen LogP contribution in [0.15, 0.2) is 33.9 Å². The fraction of sp³-hybridized carbons (Fsp3) is 0.550. The molecular formula is C20H22O4. The molecule has 4 aliphatic rings. The Hall–Kier alpha value is -1.97. The molecule has 3 aliphatic carbocycles. The Bertz CT molecular complexity index is 777. The van der Waals surface area contributed by atoms with Crippen LogP contribution in [0.1, 0.15) is 46.5 Å². The number of fused-ring (bicyclic) bond motifs is 3. The van der Waals surface area contributed by atoms with Crippen LogP contribution in [-0.2, 0) is 19.1 Å². The largest absolute Gasteiger partial charge is 0.458 e. The van der Waals surface area contributed by atoms with Crippen LogP contribution >= 0.6 is 0 Å². The van der Waals surface area contributed by atoms with Crippen molar-refractivity contribution in [2.24, 2.45) is 17.3 Å². The molecular weight excluding hydrogens is 304 g/mol. The molecule has 0 saturated heterocycles. The molecule has 0 spiro atoms. The Kier molecular flexibility index (Phi) is 3.25. The molecule has 2 atom stereocenters. The lowest BCUT2D eigenvalue weighted by Gasteiger charge is -2.47. The molecule has 0 aromatic heterocycles. The molecule has 4 nitrogen and oxygen atoms in total. The SMILES string of the molecule is CC(C)C1=CC(=O)C2=C(CC[C@@H]3C4=C(CC[C@@]23C)C(=O)OC4)C1=O. The van der Waals surface area contributed by atoms with E-state index in [1.165, 1.54) is 0 Å². The molecule has 0 fully saturated rings. The van der Waals surface area contributed by atoms with E-state index in [9.17, 15) is 14.4 Å². The maximum atomic E-state index is 12.9. The molecule has 126 valence electrons. The van der Waals surface area contributed by atoms with E-state index in [1.54, 1.807) is 6.08 Å². The zero-order chi connectivity index (χ0) is 17.2. The van der Waals surface area contributed by atoms with Crippen molar-refractivity contribution in [2.75, 3.05) is 6.61 Å². The number of esters is 1. The van der Waals surface area contributed by atoms with Gasteiger partial charge in [-0.3, -0.25) is 9.59 Å². The van der Waals surface area contributed by atoms with Crippen molar-refractivity contribution < 1.29 is 19.1 Å². The Morgan fingerprint density at radius 1 is 1.17 bits per heavy atom. The van der Waals surface area contributed by atoms with E-state index in [2.05, 4.69) is 6.92 Å². The Morgan fingerprint density at radius 2 is 1.92 bits per heavy atom. The Morgan fingerprint density at radius 3 is 2.62 bits per heavy atom. The number of hydrogen-bond donors (Lipinski definition) is 0. The number of ether oxygens (including phenoxy) is 1. The van der Waals surface area contributed by atoms with Gasteiger partial charge in [0.15, 0.2) is 11.6 Å². The Labute approximate surface area is 141 Å². The normalized spacial score (nSPS) is 32.6. The molecule has 1 heterocycles. The van der Waals surface area contributed by atoms with Gasteiger partial charge in [-0.15, -0.1) is 0 Å². The summed E-state index contributed by atoms with van der Waals surface area (Å²) in [7, 11) is 0. The summed E-state index contributed by atoms with van der Waals surface area (Å²) in [5.41, 5.74) is 3.59. The fourth-order valence-corrected chi connectivity index (χ4v) is 5.06. The van der Waals surface area contributed by atoms with Crippen LogP contribution in [0, 0.1) is 17.3 Å². The van der Waals surface area contributed by atoms with Crippen molar-refractivity contribution in [3.05, 3.63) is 33.9 Å². The van der Waals surface area contributed by atoms with Crippen molar-refractivity contribution in [3.63, 3.8) is 0 Å². The first kappa shape index (κ1) is 15.6. The number of hydrogen-bond acceptors (Lipinski definition) is 4. The van der Waals surface area contributed by atoms with E-state index in [1.807, 2.05) is 13.8 Å². The number of cyclic esters (lactones) is 1. The van der Waals surface area contributed by atoms with Crippen molar-refractivity contribution >= 4 is 17.5 Å². The fourth-order valence-electron chi connectivity index (χ4n) is 5.06. The van der Waals surface area contributed by atoms with Gasteiger partial charge < -0.3 is 4.74 Å². The summed E-state index contributed by atoms with van der Waals surface area (Å²) in [4.78, 5) is 37.7. The third-order valence-corrected chi connectivity index (χ3v) is 6.32. The molecule has 4 rings (SSSR count). The van der Waals surface area contributed by atoms with Crippen molar-refractivity contribution in [1.29, 1.82) is 0 Å². The van der Waals surface area contributed by atoms with Gasteiger partial charge in [-0.05, 0) is 49.2 Å². The number of rotatable bonds is 1. The molecule has 0 unspecified atom stereocenters. The van der Waals surface area contributed by atoms with Crippen LogP contribution in [0.25, 0.3) is 0 Å². The highest BCUT2D eigenvalue weighted by Crippen LogP contribution is 2.57. The average molecular weight is 326 g/mol. The first-order chi connectivity index (χ1) is 11.3. The van der Waals surface area contributed by atoms with E-state index < -0.39 is 0 Å². The molecule has 0 amide bonds. The molecule has 0 saturated carbocycles. The summed E-state index contributed by atoms with van der Waals surface area (Å²) in [6.45, 7) is 6.36. The molecule has 0 aromatic rings. The predicted octanol–water partition coefficient (Wildman–Crippen LogP) is 3.08. The maximum absolute atomic E-state index is 12.9. The molecule has 0 radical (unpaired) electrons. The van der Waals surface area contributed by atoms with Gasteiger partial charge in [0, 0.05) is 27.7 Å². The summed E-state index contributed by atoms with van der Waals surface area (Å²) >= 11 is 0. The molecule has 1 aliphatic heterocycles. The summed E-state index contributed by atoms with van der Waals surface area (Å²) < 4.78 is 5.23. The summed E-state index contributed by atoms with van der Waals surface area (Å²) in [5, 5.41) is 0. The van der Waals surface area contributed by atoms with Crippen LogP contribution < -0.4 is 0 Å². The number of Topliss-reactive ketones (excluding diaryl/α,β-unsaturated/α-hetero) is 1.